The third-order valence-corrected chi connectivity index (χ3v) is 3.89. The van der Waals surface area contributed by atoms with E-state index in [1.165, 1.54) is 5.56 Å². The summed E-state index contributed by atoms with van der Waals surface area (Å²) in [6.45, 7) is 2.15. The fourth-order valence-electron chi connectivity index (χ4n) is 2.58. The van der Waals surface area contributed by atoms with E-state index >= 15 is 0 Å². The van der Waals surface area contributed by atoms with E-state index in [0.717, 1.165) is 40.2 Å². The first kappa shape index (κ1) is 15.2. The summed E-state index contributed by atoms with van der Waals surface area (Å²) in [7, 11) is 3.31. The molecule has 0 aliphatic rings. The molecule has 1 N–H and O–H groups in total. The normalized spacial score (nSPS) is 10.6. The Balaban J connectivity index is 2.07. The van der Waals surface area contributed by atoms with E-state index in [9.17, 15) is 0 Å². The van der Waals surface area contributed by atoms with Gasteiger partial charge in [-0.3, -0.25) is 4.98 Å². The van der Waals surface area contributed by atoms with E-state index < -0.39 is 0 Å². The highest BCUT2D eigenvalue weighted by Gasteiger charge is 2.08. The van der Waals surface area contributed by atoms with Crippen LogP contribution in [0.3, 0.4) is 0 Å². The molecule has 1 heterocycles. The molecule has 0 bridgehead atoms. The number of ether oxygens (including phenoxy) is 2. The van der Waals surface area contributed by atoms with Gasteiger partial charge in [-0.2, -0.15) is 0 Å². The molecule has 0 saturated heterocycles. The maximum atomic E-state index is 5.44. The van der Waals surface area contributed by atoms with Gasteiger partial charge in [0.1, 0.15) is 11.5 Å². The fourth-order valence-corrected chi connectivity index (χ4v) is 2.58. The number of fused-ring (bicyclic) bond motifs is 1. The summed E-state index contributed by atoms with van der Waals surface area (Å²) in [5, 5.41) is 4.54. The van der Waals surface area contributed by atoms with Crippen LogP contribution in [0.1, 0.15) is 12.5 Å². The van der Waals surface area contributed by atoms with Crippen molar-refractivity contribution >= 4 is 22.3 Å². The van der Waals surface area contributed by atoms with Gasteiger partial charge in [-0.1, -0.05) is 13.0 Å². The number of hydrogen-bond donors (Lipinski definition) is 1. The minimum atomic E-state index is 0.766. The number of hydrogen-bond acceptors (Lipinski definition) is 4. The second kappa shape index (κ2) is 6.57. The zero-order chi connectivity index (χ0) is 16.2. The lowest BCUT2D eigenvalue weighted by molar-refractivity contribution is 0.405. The molecule has 1 aromatic heterocycles. The van der Waals surface area contributed by atoms with Gasteiger partial charge in [0.05, 0.1) is 25.4 Å². The van der Waals surface area contributed by atoms with Crippen LogP contribution in [-0.2, 0) is 6.42 Å². The molecular formula is C19H20N2O2. The number of rotatable bonds is 5. The second-order valence-corrected chi connectivity index (χ2v) is 5.25. The molecule has 0 unspecified atom stereocenters. The Kier molecular flexibility index (Phi) is 4.33. The molecule has 3 aromatic rings. The minimum Gasteiger partial charge on any atom is -0.497 e. The lowest BCUT2D eigenvalue weighted by Gasteiger charge is -2.14. The zero-order valence-corrected chi connectivity index (χ0v) is 13.6. The van der Waals surface area contributed by atoms with Gasteiger partial charge >= 0.3 is 0 Å². The standard InChI is InChI=1S/C19H20N2O2/c1-4-13-5-7-16-15(11-13)17(9-10-20-16)21-18-12-14(22-2)6-8-19(18)23-3/h5-12H,4H2,1-3H3,(H,20,21). The van der Waals surface area contributed by atoms with Crippen LogP contribution in [0.2, 0.25) is 0 Å². The first-order chi connectivity index (χ1) is 11.2. The Morgan fingerprint density at radius 3 is 2.57 bits per heavy atom. The Morgan fingerprint density at radius 1 is 0.957 bits per heavy atom. The number of pyridine rings is 1. The third-order valence-electron chi connectivity index (χ3n) is 3.89. The van der Waals surface area contributed by atoms with Crippen LogP contribution in [-0.4, -0.2) is 19.2 Å². The topological polar surface area (TPSA) is 43.4 Å². The summed E-state index contributed by atoms with van der Waals surface area (Å²) >= 11 is 0. The third kappa shape index (κ3) is 3.06. The van der Waals surface area contributed by atoms with Gasteiger partial charge in [0.2, 0.25) is 0 Å². The molecule has 0 aliphatic heterocycles. The SMILES string of the molecule is CCc1ccc2nccc(Nc3cc(OC)ccc3OC)c2c1. The summed E-state index contributed by atoms with van der Waals surface area (Å²) in [6, 6.07) is 14.0. The van der Waals surface area contributed by atoms with Crippen molar-refractivity contribution < 1.29 is 9.47 Å². The number of aromatic nitrogens is 1. The number of benzene rings is 2. The van der Waals surface area contributed by atoms with Gasteiger partial charge < -0.3 is 14.8 Å². The van der Waals surface area contributed by atoms with Crippen molar-refractivity contribution in [1.29, 1.82) is 0 Å². The van der Waals surface area contributed by atoms with Gasteiger partial charge in [0.15, 0.2) is 0 Å². The molecule has 0 amide bonds. The molecular weight excluding hydrogens is 288 g/mol. The van der Waals surface area contributed by atoms with E-state index in [-0.39, 0.29) is 0 Å². The van der Waals surface area contributed by atoms with Gasteiger partial charge in [0.25, 0.3) is 0 Å². The molecule has 0 spiro atoms. The molecule has 3 rings (SSSR count). The molecule has 0 radical (unpaired) electrons. The number of nitrogens with one attached hydrogen (secondary N) is 1. The van der Waals surface area contributed by atoms with Crippen molar-refractivity contribution in [2.75, 3.05) is 19.5 Å². The lowest BCUT2D eigenvalue weighted by Crippen LogP contribution is -1.97. The Morgan fingerprint density at radius 2 is 1.83 bits per heavy atom. The van der Waals surface area contributed by atoms with Crippen LogP contribution in [0.4, 0.5) is 11.4 Å². The molecule has 118 valence electrons. The van der Waals surface area contributed by atoms with Gasteiger partial charge in [-0.25, -0.2) is 0 Å². The fraction of sp³-hybridized carbons (Fsp3) is 0.211. The van der Waals surface area contributed by atoms with Crippen LogP contribution in [0.5, 0.6) is 11.5 Å². The average Bonchev–Trinajstić information content (AvgIpc) is 2.61. The monoisotopic (exact) mass is 308 g/mol. The summed E-state index contributed by atoms with van der Waals surface area (Å²) < 4.78 is 10.7. The van der Waals surface area contributed by atoms with E-state index in [1.807, 2.05) is 30.5 Å². The summed E-state index contributed by atoms with van der Waals surface area (Å²) in [6.07, 6.45) is 2.80. The van der Waals surface area contributed by atoms with Crippen LogP contribution in [0.15, 0.2) is 48.7 Å². The van der Waals surface area contributed by atoms with Crippen molar-refractivity contribution in [1.82, 2.24) is 4.98 Å². The molecule has 0 atom stereocenters. The van der Waals surface area contributed by atoms with Crippen molar-refractivity contribution in [2.24, 2.45) is 0 Å². The van der Waals surface area contributed by atoms with Crippen molar-refractivity contribution in [3.63, 3.8) is 0 Å². The average molecular weight is 308 g/mol. The van der Waals surface area contributed by atoms with E-state index in [2.05, 4.69) is 35.4 Å². The summed E-state index contributed by atoms with van der Waals surface area (Å²) in [5.41, 5.74) is 4.11. The highest BCUT2D eigenvalue weighted by atomic mass is 16.5. The first-order valence-electron chi connectivity index (χ1n) is 7.62. The van der Waals surface area contributed by atoms with E-state index in [1.54, 1.807) is 14.2 Å². The number of aryl methyl sites for hydroxylation is 1. The summed E-state index contributed by atoms with van der Waals surface area (Å²) in [4.78, 5) is 4.44. The van der Waals surface area contributed by atoms with Crippen LogP contribution < -0.4 is 14.8 Å². The molecule has 4 heteroatoms. The maximum Gasteiger partial charge on any atom is 0.142 e. The predicted octanol–water partition coefficient (Wildman–Crippen LogP) is 4.56. The van der Waals surface area contributed by atoms with Crippen molar-refractivity contribution in [2.45, 2.75) is 13.3 Å². The van der Waals surface area contributed by atoms with Crippen molar-refractivity contribution in [3.8, 4) is 11.5 Å². The second-order valence-electron chi connectivity index (χ2n) is 5.25. The quantitative estimate of drug-likeness (QED) is 0.750. The Labute approximate surface area is 136 Å². The molecule has 23 heavy (non-hydrogen) atoms. The number of methoxy groups -OCH3 is 2. The highest BCUT2D eigenvalue weighted by molar-refractivity contribution is 5.93. The molecule has 0 aliphatic carbocycles. The van der Waals surface area contributed by atoms with Crippen LogP contribution >= 0.6 is 0 Å². The highest BCUT2D eigenvalue weighted by Crippen LogP contribution is 2.33. The predicted molar refractivity (Wildman–Crippen MR) is 93.9 cm³/mol. The number of nitrogens with zero attached hydrogens (tertiary/aromatic N) is 1. The van der Waals surface area contributed by atoms with Crippen LogP contribution in [0.25, 0.3) is 10.9 Å². The van der Waals surface area contributed by atoms with Gasteiger partial charge in [-0.15, -0.1) is 0 Å². The van der Waals surface area contributed by atoms with Gasteiger partial charge in [-0.05, 0) is 42.3 Å². The first-order valence-corrected chi connectivity index (χ1v) is 7.62. The lowest BCUT2D eigenvalue weighted by atomic mass is 10.1. The Hall–Kier alpha value is -2.75. The molecule has 4 nitrogen and oxygen atoms in total. The molecule has 2 aromatic carbocycles. The summed E-state index contributed by atoms with van der Waals surface area (Å²) in [5.74, 6) is 1.54. The van der Waals surface area contributed by atoms with E-state index in [0.29, 0.717) is 0 Å². The largest absolute Gasteiger partial charge is 0.497 e. The molecule has 0 saturated carbocycles. The maximum absolute atomic E-state index is 5.44. The van der Waals surface area contributed by atoms with Crippen LogP contribution in [0, 0.1) is 0 Å². The van der Waals surface area contributed by atoms with Crippen molar-refractivity contribution in [3.05, 3.63) is 54.2 Å². The minimum absolute atomic E-state index is 0.766. The zero-order valence-electron chi connectivity index (χ0n) is 13.6. The van der Waals surface area contributed by atoms with Gasteiger partial charge in [0, 0.05) is 23.3 Å². The molecule has 0 fully saturated rings. The Bertz CT molecular complexity index is 831. The van der Waals surface area contributed by atoms with E-state index in [4.69, 9.17) is 9.47 Å². The smallest absolute Gasteiger partial charge is 0.142 e. The number of anilines is 2.